The van der Waals surface area contributed by atoms with Crippen molar-refractivity contribution in [1.82, 2.24) is 14.7 Å². The number of nitrogens with zero attached hydrogens (tertiary/aromatic N) is 3. The van der Waals surface area contributed by atoms with Crippen molar-refractivity contribution in [3.63, 3.8) is 0 Å². The minimum absolute atomic E-state index is 0.00791. The van der Waals surface area contributed by atoms with E-state index in [1.54, 1.807) is 0 Å². The van der Waals surface area contributed by atoms with E-state index in [0.717, 1.165) is 63.2 Å². The van der Waals surface area contributed by atoms with Crippen molar-refractivity contribution >= 4 is 11.8 Å². The summed E-state index contributed by atoms with van der Waals surface area (Å²) in [6.45, 7) is 6.74. The molecule has 1 atom stereocenters. The molecule has 3 fully saturated rings. The molecule has 2 heterocycles. The Kier molecular flexibility index (Phi) is 5.81. The number of amides is 2. The maximum Gasteiger partial charge on any atom is 0.260 e. The van der Waals surface area contributed by atoms with Crippen LogP contribution in [0.15, 0.2) is 24.3 Å². The van der Waals surface area contributed by atoms with Crippen molar-refractivity contribution in [1.29, 1.82) is 0 Å². The fraction of sp³-hybridized carbons (Fsp3) is 0.652. The Balaban J connectivity index is 1.41. The second-order valence-corrected chi connectivity index (χ2v) is 9.13. The zero-order valence-electron chi connectivity index (χ0n) is 17.7. The molecular formula is C23H33N3O3. The van der Waals surface area contributed by atoms with Crippen LogP contribution in [0.4, 0.5) is 0 Å². The van der Waals surface area contributed by atoms with Crippen molar-refractivity contribution < 1.29 is 14.3 Å². The van der Waals surface area contributed by atoms with Gasteiger partial charge in [0.25, 0.3) is 5.91 Å². The second-order valence-electron chi connectivity index (χ2n) is 9.13. The van der Waals surface area contributed by atoms with Crippen LogP contribution in [0.3, 0.4) is 0 Å². The van der Waals surface area contributed by atoms with Crippen molar-refractivity contribution in [3.8, 4) is 5.75 Å². The molecule has 4 rings (SSSR count). The van der Waals surface area contributed by atoms with Gasteiger partial charge in [-0.2, -0.15) is 0 Å². The van der Waals surface area contributed by atoms with Gasteiger partial charge in [0.15, 0.2) is 6.61 Å². The van der Waals surface area contributed by atoms with Gasteiger partial charge >= 0.3 is 0 Å². The molecular weight excluding hydrogens is 366 g/mol. The zero-order chi connectivity index (χ0) is 20.4. The molecule has 6 nitrogen and oxygen atoms in total. The third-order valence-electron chi connectivity index (χ3n) is 7.06. The Morgan fingerprint density at radius 1 is 1.10 bits per heavy atom. The Morgan fingerprint density at radius 3 is 2.52 bits per heavy atom. The van der Waals surface area contributed by atoms with Gasteiger partial charge in [0.05, 0.1) is 5.92 Å². The van der Waals surface area contributed by atoms with Crippen LogP contribution >= 0.6 is 0 Å². The minimum atomic E-state index is -0.0590. The lowest BCUT2D eigenvalue weighted by atomic mass is 9.76. The number of carbonyl (C=O) groups excluding carboxylic acids is 2. The number of ether oxygens (including phenoxy) is 1. The Bertz CT molecular complexity index is 751. The minimum Gasteiger partial charge on any atom is -0.484 e. The molecule has 1 aromatic carbocycles. The van der Waals surface area contributed by atoms with Crippen LogP contribution in [-0.2, 0) is 9.59 Å². The van der Waals surface area contributed by atoms with Gasteiger partial charge in [-0.1, -0.05) is 25.0 Å². The molecule has 1 unspecified atom stereocenters. The van der Waals surface area contributed by atoms with Gasteiger partial charge in [0.2, 0.25) is 5.91 Å². The average Bonchev–Trinajstić information content (AvgIpc) is 3.34. The van der Waals surface area contributed by atoms with Crippen LogP contribution in [0, 0.1) is 18.3 Å². The molecule has 158 valence electrons. The maximum atomic E-state index is 13.4. The van der Waals surface area contributed by atoms with Crippen molar-refractivity contribution in [3.05, 3.63) is 29.8 Å². The number of aryl methyl sites for hydroxylation is 1. The number of likely N-dealkylation sites (N-methyl/N-ethyl adjacent to an activating group) is 1. The monoisotopic (exact) mass is 399 g/mol. The first kappa shape index (κ1) is 20.2. The summed E-state index contributed by atoms with van der Waals surface area (Å²) in [5.74, 6) is 0.913. The first-order valence-electron chi connectivity index (χ1n) is 10.9. The number of benzene rings is 1. The summed E-state index contributed by atoms with van der Waals surface area (Å²) in [5.41, 5.74) is 1.08. The lowest BCUT2D eigenvalue weighted by Gasteiger charge is -2.37. The summed E-state index contributed by atoms with van der Waals surface area (Å²) in [6, 6.07) is 7.76. The molecule has 0 radical (unpaired) electrons. The molecule has 0 bridgehead atoms. The number of piperazine rings is 1. The molecule has 3 aliphatic rings. The van der Waals surface area contributed by atoms with Crippen LogP contribution in [0.2, 0.25) is 0 Å². The molecule has 1 spiro atoms. The van der Waals surface area contributed by atoms with Crippen LogP contribution in [0.25, 0.3) is 0 Å². The average molecular weight is 400 g/mol. The molecule has 2 saturated heterocycles. The zero-order valence-corrected chi connectivity index (χ0v) is 17.7. The molecule has 0 aromatic heterocycles. The van der Waals surface area contributed by atoms with Crippen molar-refractivity contribution in [2.24, 2.45) is 11.3 Å². The highest BCUT2D eigenvalue weighted by atomic mass is 16.5. The highest BCUT2D eigenvalue weighted by Gasteiger charge is 2.53. The van der Waals surface area contributed by atoms with Crippen molar-refractivity contribution in [2.75, 3.05) is 52.9 Å². The molecule has 0 N–H and O–H groups in total. The molecule has 29 heavy (non-hydrogen) atoms. The van der Waals surface area contributed by atoms with E-state index in [0.29, 0.717) is 13.1 Å². The topological polar surface area (TPSA) is 53.1 Å². The fourth-order valence-corrected chi connectivity index (χ4v) is 5.27. The summed E-state index contributed by atoms with van der Waals surface area (Å²) < 4.78 is 5.74. The summed E-state index contributed by atoms with van der Waals surface area (Å²) >= 11 is 0. The van der Waals surface area contributed by atoms with Gasteiger partial charge in [0, 0.05) is 44.7 Å². The van der Waals surface area contributed by atoms with Gasteiger partial charge in [-0.15, -0.1) is 0 Å². The lowest BCUT2D eigenvalue weighted by Crippen LogP contribution is -2.51. The number of rotatable bonds is 4. The lowest BCUT2D eigenvalue weighted by molar-refractivity contribution is -0.140. The molecule has 1 saturated carbocycles. The Morgan fingerprint density at radius 2 is 1.83 bits per heavy atom. The molecule has 2 aliphatic heterocycles. The predicted octanol–water partition coefficient (Wildman–Crippen LogP) is 2.17. The number of likely N-dealkylation sites (tertiary alicyclic amines) is 1. The van der Waals surface area contributed by atoms with Crippen LogP contribution in [0.1, 0.15) is 31.2 Å². The molecule has 1 aliphatic carbocycles. The number of hydrogen-bond donors (Lipinski definition) is 0. The van der Waals surface area contributed by atoms with Crippen LogP contribution < -0.4 is 4.74 Å². The third-order valence-corrected chi connectivity index (χ3v) is 7.06. The van der Waals surface area contributed by atoms with E-state index in [9.17, 15) is 9.59 Å². The van der Waals surface area contributed by atoms with Gasteiger partial charge in [-0.3, -0.25) is 9.59 Å². The summed E-state index contributed by atoms with van der Waals surface area (Å²) in [7, 11) is 2.10. The van der Waals surface area contributed by atoms with E-state index in [2.05, 4.69) is 11.9 Å². The predicted molar refractivity (Wildman–Crippen MR) is 112 cm³/mol. The highest BCUT2D eigenvalue weighted by molar-refractivity contribution is 5.84. The summed E-state index contributed by atoms with van der Waals surface area (Å²) in [6.07, 6.45) is 4.43. The van der Waals surface area contributed by atoms with E-state index < -0.39 is 0 Å². The van der Waals surface area contributed by atoms with Crippen molar-refractivity contribution in [2.45, 2.75) is 32.6 Å². The van der Waals surface area contributed by atoms with E-state index >= 15 is 0 Å². The highest BCUT2D eigenvalue weighted by Crippen LogP contribution is 2.49. The first-order valence-corrected chi connectivity index (χ1v) is 10.9. The van der Waals surface area contributed by atoms with E-state index in [-0.39, 0.29) is 29.8 Å². The molecule has 2 amide bonds. The van der Waals surface area contributed by atoms with E-state index in [1.165, 1.54) is 0 Å². The first-order chi connectivity index (χ1) is 14.0. The SMILES string of the molecule is Cc1cccc(OCC(=O)N2CC(C(=O)N3CCN(C)CC3)C3(CCCC3)C2)c1. The summed E-state index contributed by atoms with van der Waals surface area (Å²) in [5, 5.41) is 0. The standard InChI is InChI=1S/C23H33N3O3/c1-18-6-5-7-19(14-18)29-16-21(27)26-15-20(23(17-26)8-3-4-9-23)22(28)25-12-10-24(2)11-13-25/h5-7,14,20H,3-4,8-13,15-17H2,1-2H3. The van der Waals surface area contributed by atoms with Gasteiger partial charge in [-0.05, 0) is 44.5 Å². The summed E-state index contributed by atoms with van der Waals surface area (Å²) in [4.78, 5) is 32.5. The third kappa shape index (κ3) is 4.27. The Hall–Kier alpha value is -2.08. The van der Waals surface area contributed by atoms with Gasteiger partial charge < -0.3 is 19.4 Å². The normalized spacial score (nSPS) is 24.3. The van der Waals surface area contributed by atoms with Crippen LogP contribution in [-0.4, -0.2) is 79.4 Å². The largest absolute Gasteiger partial charge is 0.484 e. The Labute approximate surface area is 173 Å². The van der Waals surface area contributed by atoms with Gasteiger partial charge in [0.1, 0.15) is 5.75 Å². The van der Waals surface area contributed by atoms with Crippen LogP contribution in [0.5, 0.6) is 5.75 Å². The maximum absolute atomic E-state index is 13.4. The van der Waals surface area contributed by atoms with Gasteiger partial charge in [-0.25, -0.2) is 0 Å². The number of carbonyl (C=O) groups is 2. The molecule has 6 heteroatoms. The quantitative estimate of drug-likeness (QED) is 0.779. The fourth-order valence-electron chi connectivity index (χ4n) is 5.27. The molecule has 1 aromatic rings. The smallest absolute Gasteiger partial charge is 0.260 e. The van der Waals surface area contributed by atoms with E-state index in [1.807, 2.05) is 41.0 Å². The van der Waals surface area contributed by atoms with E-state index in [4.69, 9.17) is 4.74 Å². The number of hydrogen-bond acceptors (Lipinski definition) is 4. The second kappa shape index (κ2) is 8.34.